The third kappa shape index (κ3) is 2.48. The maximum Gasteiger partial charge on any atom is 0.245 e. The lowest BCUT2D eigenvalue weighted by molar-refractivity contribution is 0.381. The minimum absolute atomic E-state index is 0.0380. The predicted molar refractivity (Wildman–Crippen MR) is 76.4 cm³/mol. The third-order valence-corrected chi connectivity index (χ3v) is 5.47. The molecule has 2 rings (SSSR count). The van der Waals surface area contributed by atoms with Crippen LogP contribution in [0.4, 0.5) is 0 Å². The summed E-state index contributed by atoms with van der Waals surface area (Å²) in [4.78, 5) is 4.48. The molecule has 1 aromatic heterocycles. The van der Waals surface area contributed by atoms with Crippen LogP contribution in [0.15, 0.2) is 41.4 Å². The van der Waals surface area contributed by atoms with E-state index >= 15 is 0 Å². The fourth-order valence-electron chi connectivity index (χ4n) is 1.93. The van der Waals surface area contributed by atoms with Crippen LogP contribution in [-0.4, -0.2) is 30.8 Å². The number of hydrogen-bond acceptors (Lipinski definition) is 3. The molecule has 0 saturated carbocycles. The Morgan fingerprint density at radius 2 is 1.95 bits per heavy atom. The molecule has 0 spiro atoms. The summed E-state index contributed by atoms with van der Waals surface area (Å²) in [5.41, 5.74) is 0.528. The smallest absolute Gasteiger partial charge is 0.245 e. The minimum atomic E-state index is -3.51. The van der Waals surface area contributed by atoms with Gasteiger partial charge in [-0.25, -0.2) is 8.42 Å². The second kappa shape index (κ2) is 5.27. The molecule has 0 aliphatic carbocycles. The Balaban J connectivity index is 2.61. The normalized spacial score (nSPS) is 13.9. The molecule has 0 fully saturated rings. The molecule has 102 valence electrons. The van der Waals surface area contributed by atoms with Crippen LogP contribution in [-0.2, 0) is 10.0 Å². The first kappa shape index (κ1) is 14.0. The summed E-state index contributed by atoms with van der Waals surface area (Å²) in [6.07, 6.45) is 2.39. The molecule has 1 unspecified atom stereocenters. The standard InChI is InChI=1S/C14H18N2O2S/c1-4-11(2)16(3)19(17,18)13-9-5-7-12-8-6-10-15-14(12)13/h5-11H,4H2,1-3H3. The first-order chi connectivity index (χ1) is 8.98. The second-order valence-corrected chi connectivity index (χ2v) is 6.58. The highest BCUT2D eigenvalue weighted by Crippen LogP contribution is 2.24. The van der Waals surface area contributed by atoms with Crippen molar-refractivity contribution in [1.82, 2.24) is 9.29 Å². The Kier molecular flexibility index (Phi) is 3.87. The van der Waals surface area contributed by atoms with E-state index in [-0.39, 0.29) is 10.9 Å². The lowest BCUT2D eigenvalue weighted by atomic mass is 10.2. The van der Waals surface area contributed by atoms with Gasteiger partial charge in [0.25, 0.3) is 0 Å². The number of benzene rings is 1. The summed E-state index contributed by atoms with van der Waals surface area (Å²) in [7, 11) is -1.89. The van der Waals surface area contributed by atoms with Crippen molar-refractivity contribution in [1.29, 1.82) is 0 Å². The number of hydrogen-bond donors (Lipinski definition) is 0. The summed E-state index contributed by atoms with van der Waals surface area (Å²) in [6, 6.07) is 8.86. The monoisotopic (exact) mass is 278 g/mol. The molecule has 0 saturated heterocycles. The van der Waals surface area contributed by atoms with Crippen molar-refractivity contribution in [3.63, 3.8) is 0 Å². The van der Waals surface area contributed by atoms with Gasteiger partial charge in [-0.1, -0.05) is 25.1 Å². The molecule has 0 amide bonds. The number of para-hydroxylation sites is 1. The Morgan fingerprint density at radius 1 is 1.26 bits per heavy atom. The molecular weight excluding hydrogens is 260 g/mol. The molecule has 2 aromatic rings. The molecule has 0 radical (unpaired) electrons. The van der Waals surface area contributed by atoms with Crippen molar-refractivity contribution in [2.45, 2.75) is 31.2 Å². The lowest BCUT2D eigenvalue weighted by Gasteiger charge is -2.23. The lowest BCUT2D eigenvalue weighted by Crippen LogP contribution is -2.34. The molecule has 1 aromatic carbocycles. The summed E-state index contributed by atoms with van der Waals surface area (Å²) >= 11 is 0. The number of aromatic nitrogens is 1. The maximum absolute atomic E-state index is 12.6. The molecule has 1 heterocycles. The van der Waals surface area contributed by atoms with Crippen LogP contribution in [0.5, 0.6) is 0 Å². The van der Waals surface area contributed by atoms with Gasteiger partial charge in [-0.3, -0.25) is 4.98 Å². The van der Waals surface area contributed by atoms with Gasteiger partial charge >= 0.3 is 0 Å². The number of nitrogens with zero attached hydrogens (tertiary/aromatic N) is 2. The molecule has 0 N–H and O–H groups in total. The zero-order valence-corrected chi connectivity index (χ0v) is 12.2. The van der Waals surface area contributed by atoms with E-state index < -0.39 is 10.0 Å². The maximum atomic E-state index is 12.6. The van der Waals surface area contributed by atoms with Crippen LogP contribution in [0, 0.1) is 0 Å². The molecule has 19 heavy (non-hydrogen) atoms. The van der Waals surface area contributed by atoms with E-state index in [9.17, 15) is 8.42 Å². The first-order valence-corrected chi connectivity index (χ1v) is 7.74. The van der Waals surface area contributed by atoms with Gasteiger partial charge in [-0.05, 0) is 25.5 Å². The number of fused-ring (bicyclic) bond motifs is 1. The highest BCUT2D eigenvalue weighted by molar-refractivity contribution is 7.89. The van der Waals surface area contributed by atoms with Crippen molar-refractivity contribution in [3.8, 4) is 0 Å². The van der Waals surface area contributed by atoms with Crippen molar-refractivity contribution < 1.29 is 8.42 Å². The summed E-state index contributed by atoms with van der Waals surface area (Å²) in [5, 5.41) is 0.834. The van der Waals surface area contributed by atoms with E-state index in [1.54, 1.807) is 31.4 Å². The van der Waals surface area contributed by atoms with E-state index in [0.29, 0.717) is 5.52 Å². The van der Waals surface area contributed by atoms with Gasteiger partial charge in [-0.2, -0.15) is 4.31 Å². The van der Waals surface area contributed by atoms with Crippen LogP contribution in [0.3, 0.4) is 0 Å². The average Bonchev–Trinajstić information content (AvgIpc) is 2.44. The van der Waals surface area contributed by atoms with Crippen molar-refractivity contribution >= 4 is 20.9 Å². The van der Waals surface area contributed by atoms with E-state index in [1.807, 2.05) is 26.0 Å². The fourth-order valence-corrected chi connectivity index (χ4v) is 3.53. The highest BCUT2D eigenvalue weighted by Gasteiger charge is 2.26. The van der Waals surface area contributed by atoms with E-state index in [2.05, 4.69) is 4.98 Å². The van der Waals surface area contributed by atoms with Crippen LogP contribution in [0.1, 0.15) is 20.3 Å². The van der Waals surface area contributed by atoms with Crippen molar-refractivity contribution in [2.75, 3.05) is 7.05 Å². The Morgan fingerprint density at radius 3 is 2.63 bits per heavy atom. The van der Waals surface area contributed by atoms with Crippen LogP contribution in [0.2, 0.25) is 0 Å². The van der Waals surface area contributed by atoms with Gasteiger partial charge in [0.1, 0.15) is 4.90 Å². The predicted octanol–water partition coefficient (Wildman–Crippen LogP) is 2.65. The van der Waals surface area contributed by atoms with Gasteiger partial charge in [0, 0.05) is 24.7 Å². The molecule has 0 bridgehead atoms. The van der Waals surface area contributed by atoms with Gasteiger partial charge < -0.3 is 0 Å². The summed E-state index contributed by atoms with van der Waals surface area (Å²) < 4.78 is 26.7. The largest absolute Gasteiger partial charge is 0.255 e. The second-order valence-electron chi connectivity index (χ2n) is 4.61. The van der Waals surface area contributed by atoms with Crippen LogP contribution >= 0.6 is 0 Å². The molecule has 0 aliphatic heterocycles. The summed E-state index contributed by atoms with van der Waals surface area (Å²) in [6.45, 7) is 3.87. The highest BCUT2D eigenvalue weighted by atomic mass is 32.2. The van der Waals surface area contributed by atoms with Crippen molar-refractivity contribution in [2.24, 2.45) is 0 Å². The molecule has 0 aliphatic rings. The minimum Gasteiger partial charge on any atom is -0.255 e. The van der Waals surface area contributed by atoms with Crippen LogP contribution < -0.4 is 0 Å². The fraction of sp³-hybridized carbons (Fsp3) is 0.357. The van der Waals surface area contributed by atoms with Crippen LogP contribution in [0.25, 0.3) is 10.9 Å². The van der Waals surface area contributed by atoms with E-state index in [1.165, 1.54) is 4.31 Å². The Hall–Kier alpha value is -1.46. The Bertz CT molecular complexity index is 677. The van der Waals surface area contributed by atoms with Gasteiger partial charge in [0.05, 0.1) is 5.52 Å². The SMILES string of the molecule is CCC(C)N(C)S(=O)(=O)c1cccc2cccnc12. The zero-order chi connectivity index (χ0) is 14.0. The quantitative estimate of drug-likeness (QED) is 0.864. The van der Waals surface area contributed by atoms with Gasteiger partial charge in [-0.15, -0.1) is 0 Å². The van der Waals surface area contributed by atoms with Gasteiger partial charge in [0.15, 0.2) is 0 Å². The number of sulfonamides is 1. The number of rotatable bonds is 4. The first-order valence-electron chi connectivity index (χ1n) is 6.30. The average molecular weight is 278 g/mol. The van der Waals surface area contributed by atoms with E-state index in [0.717, 1.165) is 11.8 Å². The van der Waals surface area contributed by atoms with Gasteiger partial charge in [0.2, 0.25) is 10.0 Å². The van der Waals surface area contributed by atoms with E-state index in [4.69, 9.17) is 0 Å². The molecular formula is C14H18N2O2S. The Labute approximate surface area is 114 Å². The number of pyridine rings is 1. The van der Waals surface area contributed by atoms with Crippen molar-refractivity contribution in [3.05, 3.63) is 36.5 Å². The molecule has 4 nitrogen and oxygen atoms in total. The molecule has 1 atom stereocenters. The topological polar surface area (TPSA) is 50.3 Å². The third-order valence-electron chi connectivity index (χ3n) is 3.46. The molecule has 5 heteroatoms. The summed E-state index contributed by atoms with van der Waals surface area (Å²) in [5.74, 6) is 0. The zero-order valence-electron chi connectivity index (χ0n) is 11.4.